The van der Waals surface area contributed by atoms with Crippen molar-refractivity contribution in [2.24, 2.45) is 0 Å². The minimum Gasteiger partial charge on any atom is -0.425 e. The second kappa shape index (κ2) is 7.40. The van der Waals surface area contributed by atoms with E-state index in [2.05, 4.69) is 0 Å². The zero-order valence-electron chi connectivity index (χ0n) is 16.8. The van der Waals surface area contributed by atoms with Gasteiger partial charge in [0.15, 0.2) is 0 Å². The Morgan fingerprint density at radius 2 is 1.55 bits per heavy atom. The van der Waals surface area contributed by atoms with E-state index in [-0.39, 0.29) is 11.7 Å². The van der Waals surface area contributed by atoms with Crippen LogP contribution in [0.3, 0.4) is 0 Å². The van der Waals surface area contributed by atoms with Crippen LogP contribution in [-0.2, 0) is 19.7 Å². The number of carbonyl (C=O) groups excluding carboxylic acids is 2. The first-order valence-corrected chi connectivity index (χ1v) is 10.5. The Kier molecular flexibility index (Phi) is 4.67. The molecule has 0 aliphatic carbocycles. The minimum atomic E-state index is -1.05. The Morgan fingerprint density at radius 3 is 2.26 bits per heavy atom. The standard InChI is InChI=1S/C26H19ClO4/c1-2-26(17-8-4-3-5-9-17)22-19-10-6-7-11-20(19)30-24(28)21(22)23(31-25(26)29)16-12-14-18(27)15-13-16/h3-15,22H,2H2,1H3/t22-,26-/m1/s1. The zero-order chi connectivity index (χ0) is 21.6. The second-order valence-electron chi connectivity index (χ2n) is 7.69. The topological polar surface area (TPSA) is 52.6 Å². The molecule has 0 radical (unpaired) electrons. The normalized spacial score (nSPS) is 22.3. The van der Waals surface area contributed by atoms with Crippen molar-refractivity contribution in [2.45, 2.75) is 24.7 Å². The average Bonchev–Trinajstić information content (AvgIpc) is 2.80. The highest BCUT2D eigenvalue weighted by atomic mass is 35.5. The number of hydrogen-bond donors (Lipinski definition) is 0. The van der Waals surface area contributed by atoms with Crippen LogP contribution in [0.4, 0.5) is 0 Å². The summed E-state index contributed by atoms with van der Waals surface area (Å²) in [6, 6.07) is 23.8. The van der Waals surface area contributed by atoms with Crippen LogP contribution in [0.5, 0.6) is 5.75 Å². The molecule has 5 rings (SSSR count). The number of hydrogen-bond acceptors (Lipinski definition) is 4. The molecule has 0 unspecified atom stereocenters. The molecule has 3 aromatic carbocycles. The molecule has 3 aromatic rings. The Balaban J connectivity index is 1.85. The van der Waals surface area contributed by atoms with Gasteiger partial charge in [-0.1, -0.05) is 67.1 Å². The molecule has 4 nitrogen and oxygen atoms in total. The molecule has 0 spiro atoms. The van der Waals surface area contributed by atoms with E-state index < -0.39 is 17.3 Å². The van der Waals surface area contributed by atoms with Gasteiger partial charge in [0.05, 0.1) is 5.57 Å². The van der Waals surface area contributed by atoms with E-state index in [9.17, 15) is 9.59 Å². The molecule has 2 heterocycles. The lowest BCUT2D eigenvalue weighted by atomic mass is 9.61. The van der Waals surface area contributed by atoms with Gasteiger partial charge in [-0.3, -0.25) is 4.79 Å². The van der Waals surface area contributed by atoms with Gasteiger partial charge in [-0.15, -0.1) is 0 Å². The quantitative estimate of drug-likeness (QED) is 0.397. The summed E-state index contributed by atoms with van der Waals surface area (Å²) in [4.78, 5) is 27.0. The van der Waals surface area contributed by atoms with Crippen LogP contribution in [-0.4, -0.2) is 11.9 Å². The highest BCUT2D eigenvalue weighted by molar-refractivity contribution is 6.30. The van der Waals surface area contributed by atoms with Gasteiger partial charge in [0, 0.05) is 22.1 Å². The van der Waals surface area contributed by atoms with Gasteiger partial charge < -0.3 is 9.47 Å². The fraction of sp³-hybridized carbons (Fsp3) is 0.154. The van der Waals surface area contributed by atoms with Gasteiger partial charge >= 0.3 is 11.9 Å². The third-order valence-electron chi connectivity index (χ3n) is 6.19. The van der Waals surface area contributed by atoms with E-state index in [1.165, 1.54) is 0 Å². The predicted molar refractivity (Wildman–Crippen MR) is 118 cm³/mol. The Morgan fingerprint density at radius 1 is 0.871 bits per heavy atom. The number of para-hydroxylation sites is 1. The fourth-order valence-corrected chi connectivity index (χ4v) is 4.85. The van der Waals surface area contributed by atoms with E-state index in [4.69, 9.17) is 21.1 Å². The van der Waals surface area contributed by atoms with Crippen LogP contribution in [0.2, 0.25) is 5.02 Å². The first-order chi connectivity index (χ1) is 15.1. The summed E-state index contributed by atoms with van der Waals surface area (Å²) in [7, 11) is 0. The SMILES string of the molecule is CC[C@]1(c2ccccc2)C(=O)OC(c2ccc(Cl)cc2)=C2C(=O)Oc3ccccc3[C@H]21. The molecule has 0 fully saturated rings. The lowest BCUT2D eigenvalue weighted by Crippen LogP contribution is -2.49. The van der Waals surface area contributed by atoms with Crippen LogP contribution in [0.15, 0.2) is 84.4 Å². The molecule has 2 aliphatic rings. The van der Waals surface area contributed by atoms with Crippen LogP contribution >= 0.6 is 11.6 Å². The second-order valence-corrected chi connectivity index (χ2v) is 8.13. The van der Waals surface area contributed by atoms with E-state index in [0.29, 0.717) is 28.3 Å². The summed E-state index contributed by atoms with van der Waals surface area (Å²) in [6.07, 6.45) is 0.458. The molecule has 0 N–H and O–H groups in total. The molecule has 0 amide bonds. The number of fused-ring (bicyclic) bond motifs is 3. The maximum atomic E-state index is 13.7. The van der Waals surface area contributed by atoms with Crippen molar-refractivity contribution >= 4 is 29.3 Å². The number of cyclic esters (lactones) is 1. The van der Waals surface area contributed by atoms with Gasteiger partial charge in [0.1, 0.15) is 16.9 Å². The van der Waals surface area contributed by atoms with Crippen molar-refractivity contribution in [3.8, 4) is 5.75 Å². The summed E-state index contributed by atoms with van der Waals surface area (Å²) in [5.74, 6) is -0.727. The summed E-state index contributed by atoms with van der Waals surface area (Å²) < 4.78 is 11.6. The van der Waals surface area contributed by atoms with Gasteiger partial charge in [-0.2, -0.15) is 0 Å². The number of esters is 2. The first kappa shape index (κ1) is 19.6. The van der Waals surface area contributed by atoms with Crippen molar-refractivity contribution in [1.29, 1.82) is 0 Å². The zero-order valence-corrected chi connectivity index (χ0v) is 17.6. The average molecular weight is 431 g/mol. The molecule has 31 heavy (non-hydrogen) atoms. The van der Waals surface area contributed by atoms with Crippen LogP contribution in [0.25, 0.3) is 5.76 Å². The molecule has 0 bridgehead atoms. The lowest BCUT2D eigenvalue weighted by Gasteiger charge is -2.45. The van der Waals surface area contributed by atoms with Crippen molar-refractivity contribution in [2.75, 3.05) is 0 Å². The maximum absolute atomic E-state index is 13.7. The fourth-order valence-electron chi connectivity index (χ4n) is 4.72. The number of ether oxygens (including phenoxy) is 2. The van der Waals surface area contributed by atoms with E-state index in [1.54, 1.807) is 30.3 Å². The van der Waals surface area contributed by atoms with Gasteiger partial charge in [0.25, 0.3) is 0 Å². The first-order valence-electron chi connectivity index (χ1n) is 10.1. The van der Waals surface area contributed by atoms with Gasteiger partial charge in [-0.05, 0) is 42.3 Å². The third kappa shape index (κ3) is 2.90. The number of carbonyl (C=O) groups is 2. The molecule has 154 valence electrons. The smallest absolute Gasteiger partial charge is 0.343 e. The van der Waals surface area contributed by atoms with Crippen molar-refractivity contribution in [3.63, 3.8) is 0 Å². The monoisotopic (exact) mass is 430 g/mol. The molecule has 2 atom stereocenters. The summed E-state index contributed by atoms with van der Waals surface area (Å²) >= 11 is 6.04. The molecule has 0 aromatic heterocycles. The van der Waals surface area contributed by atoms with Gasteiger partial charge in [0.2, 0.25) is 0 Å². The molecular formula is C26H19ClO4. The molecule has 5 heteroatoms. The molecule has 0 saturated carbocycles. The number of rotatable bonds is 3. The minimum absolute atomic E-state index is 0.228. The lowest BCUT2D eigenvalue weighted by molar-refractivity contribution is -0.147. The molecular weight excluding hydrogens is 412 g/mol. The van der Waals surface area contributed by atoms with E-state index in [1.807, 2.05) is 55.5 Å². The summed E-state index contributed by atoms with van der Waals surface area (Å²) in [5, 5.41) is 0.553. The largest absolute Gasteiger partial charge is 0.425 e. The van der Waals surface area contributed by atoms with E-state index in [0.717, 1.165) is 11.1 Å². The Bertz CT molecular complexity index is 1210. The van der Waals surface area contributed by atoms with Crippen LogP contribution in [0, 0.1) is 0 Å². The van der Waals surface area contributed by atoms with Crippen LogP contribution < -0.4 is 4.74 Å². The molecule has 0 saturated heterocycles. The van der Waals surface area contributed by atoms with Crippen LogP contribution in [0.1, 0.15) is 36.0 Å². The Hall–Kier alpha value is -3.37. The van der Waals surface area contributed by atoms with Gasteiger partial charge in [-0.25, -0.2) is 4.79 Å². The highest BCUT2D eigenvalue weighted by Gasteiger charge is 2.57. The predicted octanol–water partition coefficient (Wildman–Crippen LogP) is 5.66. The van der Waals surface area contributed by atoms with Crippen molar-refractivity contribution in [1.82, 2.24) is 0 Å². The summed E-state index contributed by atoms with van der Waals surface area (Å²) in [5.41, 5.74) is 1.51. The van der Waals surface area contributed by atoms with Crippen molar-refractivity contribution < 1.29 is 19.1 Å². The number of benzene rings is 3. The number of halogens is 1. The molecule has 2 aliphatic heterocycles. The summed E-state index contributed by atoms with van der Waals surface area (Å²) in [6.45, 7) is 1.95. The Labute approximate surface area is 185 Å². The van der Waals surface area contributed by atoms with E-state index >= 15 is 0 Å². The maximum Gasteiger partial charge on any atom is 0.343 e. The third-order valence-corrected chi connectivity index (χ3v) is 6.44. The highest BCUT2D eigenvalue weighted by Crippen LogP contribution is 2.56. The van der Waals surface area contributed by atoms with Crippen molar-refractivity contribution in [3.05, 3.63) is 106 Å².